The van der Waals surface area contributed by atoms with Crippen molar-refractivity contribution in [2.75, 3.05) is 33.2 Å². The van der Waals surface area contributed by atoms with E-state index in [-0.39, 0.29) is 0 Å². The van der Waals surface area contributed by atoms with Gasteiger partial charge in [0.05, 0.1) is 0 Å². The number of aliphatic imine (C=N–C) groups is 1. The Hall–Kier alpha value is -2.07. The molecule has 0 saturated carbocycles. The molecule has 0 radical (unpaired) electrons. The van der Waals surface area contributed by atoms with Crippen LogP contribution in [-0.4, -0.2) is 50.1 Å². The predicted octanol–water partition coefficient (Wildman–Crippen LogP) is 3.42. The van der Waals surface area contributed by atoms with Gasteiger partial charge in [0.15, 0.2) is 5.96 Å². The molecule has 1 saturated heterocycles. The molecule has 2 aromatic rings. The van der Waals surface area contributed by atoms with E-state index in [1.165, 1.54) is 55.2 Å². The van der Waals surface area contributed by atoms with Gasteiger partial charge in [0, 0.05) is 32.7 Å². The van der Waals surface area contributed by atoms with E-state index in [0.29, 0.717) is 6.04 Å². The Bertz CT molecular complexity index is 717. The van der Waals surface area contributed by atoms with Crippen LogP contribution in [0.3, 0.4) is 0 Å². The summed E-state index contributed by atoms with van der Waals surface area (Å²) >= 11 is 0. The zero-order valence-corrected chi connectivity index (χ0v) is 16.2. The van der Waals surface area contributed by atoms with Gasteiger partial charge in [-0.1, -0.05) is 49.4 Å². The van der Waals surface area contributed by atoms with Crippen LogP contribution in [0.4, 0.5) is 0 Å². The first-order valence-electron chi connectivity index (χ1n) is 9.95. The normalized spacial score (nSPS) is 16.8. The molecule has 3 rings (SSSR count). The van der Waals surface area contributed by atoms with Crippen molar-refractivity contribution in [3.63, 3.8) is 0 Å². The summed E-state index contributed by atoms with van der Waals surface area (Å²) in [6, 6.07) is 15.8. The maximum atomic E-state index is 4.40. The Morgan fingerprint density at radius 1 is 1.12 bits per heavy atom. The minimum absolute atomic E-state index is 0.537. The van der Waals surface area contributed by atoms with Gasteiger partial charge >= 0.3 is 0 Å². The molecule has 1 aliphatic rings. The molecule has 4 heteroatoms. The van der Waals surface area contributed by atoms with E-state index < -0.39 is 0 Å². The summed E-state index contributed by atoms with van der Waals surface area (Å²) in [4.78, 5) is 6.96. The zero-order valence-electron chi connectivity index (χ0n) is 16.2. The van der Waals surface area contributed by atoms with Crippen LogP contribution in [0.5, 0.6) is 0 Å². The minimum Gasteiger partial charge on any atom is -0.356 e. The average molecular weight is 353 g/mol. The van der Waals surface area contributed by atoms with Crippen molar-refractivity contribution in [1.82, 2.24) is 15.5 Å². The molecule has 0 spiro atoms. The minimum atomic E-state index is 0.537. The standard InChI is InChI=1S/C22H32N4/c1-3-14-26-15-11-21(12-16-26)25-22(23-2)24-13-10-18-8-9-19-6-4-5-7-20(19)17-18/h4-9,17,21H,3,10-16H2,1-2H3,(H2,23,24,25). The van der Waals surface area contributed by atoms with Crippen molar-refractivity contribution < 1.29 is 0 Å². The van der Waals surface area contributed by atoms with Crippen LogP contribution >= 0.6 is 0 Å². The van der Waals surface area contributed by atoms with Crippen LogP contribution in [0.1, 0.15) is 31.7 Å². The second-order valence-electron chi connectivity index (χ2n) is 7.19. The van der Waals surface area contributed by atoms with E-state index in [4.69, 9.17) is 0 Å². The molecular weight excluding hydrogens is 320 g/mol. The van der Waals surface area contributed by atoms with Crippen molar-refractivity contribution >= 4 is 16.7 Å². The Kier molecular flexibility index (Phi) is 6.89. The molecule has 2 aromatic carbocycles. The second-order valence-corrected chi connectivity index (χ2v) is 7.19. The number of hydrogen-bond acceptors (Lipinski definition) is 2. The van der Waals surface area contributed by atoms with Gasteiger partial charge in [0.25, 0.3) is 0 Å². The van der Waals surface area contributed by atoms with Crippen molar-refractivity contribution in [3.05, 3.63) is 48.0 Å². The average Bonchev–Trinajstić information content (AvgIpc) is 2.68. The Labute approximate surface area is 157 Å². The SMILES string of the molecule is CCCN1CCC(NC(=NC)NCCc2ccc3ccccc3c2)CC1. The van der Waals surface area contributed by atoms with E-state index in [1.54, 1.807) is 0 Å². The van der Waals surface area contributed by atoms with Crippen LogP contribution in [0, 0.1) is 0 Å². The van der Waals surface area contributed by atoms with Gasteiger partial charge < -0.3 is 15.5 Å². The third kappa shape index (κ3) is 5.21. The number of likely N-dealkylation sites (tertiary alicyclic amines) is 1. The first-order valence-corrected chi connectivity index (χ1v) is 9.95. The van der Waals surface area contributed by atoms with Crippen LogP contribution in [0.25, 0.3) is 10.8 Å². The van der Waals surface area contributed by atoms with E-state index in [9.17, 15) is 0 Å². The van der Waals surface area contributed by atoms with Crippen LogP contribution in [0.15, 0.2) is 47.5 Å². The lowest BCUT2D eigenvalue weighted by atomic mass is 10.0. The third-order valence-corrected chi connectivity index (χ3v) is 5.21. The van der Waals surface area contributed by atoms with Crippen molar-refractivity contribution in [2.45, 2.75) is 38.6 Å². The van der Waals surface area contributed by atoms with Gasteiger partial charge in [-0.2, -0.15) is 0 Å². The summed E-state index contributed by atoms with van der Waals surface area (Å²) in [6.07, 6.45) is 4.65. The molecule has 1 aliphatic heterocycles. The Morgan fingerprint density at radius 3 is 2.62 bits per heavy atom. The molecule has 0 bridgehead atoms. The summed E-state index contributed by atoms with van der Waals surface area (Å²) in [5, 5.41) is 9.68. The van der Waals surface area contributed by atoms with Gasteiger partial charge in [0.2, 0.25) is 0 Å². The molecular formula is C22H32N4. The maximum absolute atomic E-state index is 4.40. The van der Waals surface area contributed by atoms with Crippen LogP contribution in [0.2, 0.25) is 0 Å². The van der Waals surface area contributed by atoms with Crippen molar-refractivity contribution in [1.29, 1.82) is 0 Å². The van der Waals surface area contributed by atoms with Gasteiger partial charge in [0.1, 0.15) is 0 Å². The molecule has 0 aromatic heterocycles. The number of fused-ring (bicyclic) bond motifs is 1. The van der Waals surface area contributed by atoms with Gasteiger partial charge in [-0.25, -0.2) is 0 Å². The molecule has 140 valence electrons. The van der Waals surface area contributed by atoms with E-state index >= 15 is 0 Å². The lowest BCUT2D eigenvalue weighted by Crippen LogP contribution is -2.49. The molecule has 0 amide bonds. The van der Waals surface area contributed by atoms with Crippen LogP contribution < -0.4 is 10.6 Å². The molecule has 26 heavy (non-hydrogen) atoms. The number of piperidine rings is 1. The first-order chi connectivity index (χ1) is 12.8. The summed E-state index contributed by atoms with van der Waals surface area (Å²) in [6.45, 7) is 6.77. The predicted molar refractivity (Wildman–Crippen MR) is 112 cm³/mol. The lowest BCUT2D eigenvalue weighted by molar-refractivity contribution is 0.206. The second kappa shape index (κ2) is 9.58. The fourth-order valence-corrected chi connectivity index (χ4v) is 3.72. The van der Waals surface area contributed by atoms with Crippen molar-refractivity contribution in [2.24, 2.45) is 4.99 Å². The van der Waals surface area contributed by atoms with E-state index in [0.717, 1.165) is 18.9 Å². The highest BCUT2D eigenvalue weighted by molar-refractivity contribution is 5.83. The number of rotatable bonds is 6. The zero-order chi connectivity index (χ0) is 18.2. The number of benzene rings is 2. The number of nitrogens with zero attached hydrogens (tertiary/aromatic N) is 2. The quantitative estimate of drug-likeness (QED) is 0.618. The van der Waals surface area contributed by atoms with E-state index in [2.05, 4.69) is 69.9 Å². The fraction of sp³-hybridized carbons (Fsp3) is 0.500. The summed E-state index contributed by atoms with van der Waals surface area (Å²) < 4.78 is 0. The molecule has 4 nitrogen and oxygen atoms in total. The van der Waals surface area contributed by atoms with Crippen LogP contribution in [-0.2, 0) is 6.42 Å². The molecule has 2 N–H and O–H groups in total. The summed E-state index contributed by atoms with van der Waals surface area (Å²) in [7, 11) is 1.86. The molecule has 0 atom stereocenters. The largest absolute Gasteiger partial charge is 0.356 e. The van der Waals surface area contributed by atoms with Gasteiger partial charge in [-0.3, -0.25) is 4.99 Å². The highest BCUT2D eigenvalue weighted by atomic mass is 15.2. The van der Waals surface area contributed by atoms with Gasteiger partial charge in [-0.15, -0.1) is 0 Å². The molecule has 1 fully saturated rings. The third-order valence-electron chi connectivity index (χ3n) is 5.21. The summed E-state index contributed by atoms with van der Waals surface area (Å²) in [5.41, 5.74) is 1.36. The smallest absolute Gasteiger partial charge is 0.191 e. The number of hydrogen-bond donors (Lipinski definition) is 2. The Morgan fingerprint density at radius 2 is 1.88 bits per heavy atom. The number of guanidine groups is 1. The number of nitrogens with one attached hydrogen (secondary N) is 2. The topological polar surface area (TPSA) is 39.7 Å². The monoisotopic (exact) mass is 352 g/mol. The molecule has 1 heterocycles. The van der Waals surface area contributed by atoms with Crippen molar-refractivity contribution in [3.8, 4) is 0 Å². The highest BCUT2D eigenvalue weighted by Crippen LogP contribution is 2.15. The fourth-order valence-electron chi connectivity index (χ4n) is 3.72. The molecule has 0 unspecified atom stereocenters. The molecule has 0 aliphatic carbocycles. The maximum Gasteiger partial charge on any atom is 0.191 e. The first kappa shape index (κ1) is 18.7. The van der Waals surface area contributed by atoms with Gasteiger partial charge in [-0.05, 0) is 48.6 Å². The highest BCUT2D eigenvalue weighted by Gasteiger charge is 2.19. The lowest BCUT2D eigenvalue weighted by Gasteiger charge is -2.32. The Balaban J connectivity index is 1.44. The summed E-state index contributed by atoms with van der Waals surface area (Å²) in [5.74, 6) is 0.930. The van der Waals surface area contributed by atoms with E-state index in [1.807, 2.05) is 7.05 Å².